The molecule has 7 nitrogen and oxygen atoms in total. The van der Waals surface area contributed by atoms with E-state index in [0.29, 0.717) is 19.6 Å². The molecule has 0 spiro atoms. The van der Waals surface area contributed by atoms with E-state index in [1.807, 2.05) is 37.8 Å². The minimum atomic E-state index is -0.681. The van der Waals surface area contributed by atoms with Gasteiger partial charge in [-0.3, -0.25) is 9.80 Å². The summed E-state index contributed by atoms with van der Waals surface area (Å²) in [5.41, 5.74) is 0.751. The van der Waals surface area contributed by atoms with E-state index in [1.54, 1.807) is 12.1 Å². The molecule has 8 heteroatoms. The number of nitrogens with zero attached hydrogens (tertiary/aromatic N) is 2. The van der Waals surface area contributed by atoms with Gasteiger partial charge in [-0.1, -0.05) is 37.6 Å². The number of halogens is 1. The Kier molecular flexibility index (Phi) is 9.99. The quantitative estimate of drug-likeness (QED) is 0.366. The predicted octanol–water partition coefficient (Wildman–Crippen LogP) is 6.45. The van der Waals surface area contributed by atoms with Crippen LogP contribution in [-0.2, 0) is 11.3 Å². The van der Waals surface area contributed by atoms with E-state index in [0.717, 1.165) is 55.8 Å². The van der Waals surface area contributed by atoms with Crippen molar-refractivity contribution in [1.82, 2.24) is 15.1 Å². The third-order valence-electron chi connectivity index (χ3n) is 9.57. The Balaban J connectivity index is 1.27. The van der Waals surface area contributed by atoms with Crippen molar-refractivity contribution in [2.24, 2.45) is 5.41 Å². The fraction of sp³-hybridized carbons (Fsp3) is 0.629. The first kappa shape index (κ1) is 31.7. The van der Waals surface area contributed by atoms with Crippen LogP contribution in [0, 0.1) is 11.2 Å². The van der Waals surface area contributed by atoms with Gasteiger partial charge in [0.2, 0.25) is 0 Å². The monoisotopic (exact) mass is 595 g/mol. The SMILES string of the molecule is CC(C)(C)OC(=O)N1[C@@H](c2ccc(F)cc2)C[C@@]2(C)[C@H](O)[C@@H](NCc3cccc(OCCN4CCCCC4)c3)CCC[C@@H]12. The summed E-state index contributed by atoms with van der Waals surface area (Å²) < 4.78 is 25.8. The van der Waals surface area contributed by atoms with Gasteiger partial charge in [-0.25, -0.2) is 9.18 Å². The van der Waals surface area contributed by atoms with Crippen LogP contribution in [0.25, 0.3) is 0 Å². The van der Waals surface area contributed by atoms with Crippen LogP contribution in [0.4, 0.5) is 9.18 Å². The van der Waals surface area contributed by atoms with Gasteiger partial charge in [0.25, 0.3) is 0 Å². The van der Waals surface area contributed by atoms with Gasteiger partial charge >= 0.3 is 6.09 Å². The molecule has 5 atom stereocenters. The number of carbonyl (C=O) groups excluding carboxylic acids is 1. The maximum Gasteiger partial charge on any atom is 0.411 e. The van der Waals surface area contributed by atoms with E-state index in [9.17, 15) is 14.3 Å². The molecule has 2 aromatic carbocycles. The third-order valence-corrected chi connectivity index (χ3v) is 9.57. The van der Waals surface area contributed by atoms with Gasteiger partial charge in [-0.15, -0.1) is 0 Å². The van der Waals surface area contributed by atoms with Crippen LogP contribution >= 0.6 is 0 Å². The maximum absolute atomic E-state index is 13.8. The Morgan fingerprint density at radius 1 is 1.07 bits per heavy atom. The molecule has 2 aromatic rings. The number of rotatable bonds is 8. The lowest BCUT2D eigenvalue weighted by Gasteiger charge is -2.39. The number of carbonyl (C=O) groups is 1. The number of fused-ring (bicyclic) bond motifs is 1. The number of aliphatic hydroxyl groups is 1. The first-order valence-corrected chi connectivity index (χ1v) is 16.2. The highest BCUT2D eigenvalue weighted by atomic mass is 19.1. The zero-order valence-corrected chi connectivity index (χ0v) is 26.4. The highest BCUT2D eigenvalue weighted by Crippen LogP contribution is 2.54. The molecule has 43 heavy (non-hydrogen) atoms. The van der Waals surface area contributed by atoms with E-state index in [4.69, 9.17) is 9.47 Å². The van der Waals surface area contributed by atoms with Crippen molar-refractivity contribution in [1.29, 1.82) is 0 Å². The second kappa shape index (κ2) is 13.5. The van der Waals surface area contributed by atoms with E-state index < -0.39 is 17.1 Å². The average molecular weight is 596 g/mol. The van der Waals surface area contributed by atoms with Crippen molar-refractivity contribution in [3.05, 3.63) is 65.5 Å². The Bertz CT molecular complexity index is 1210. The number of aliphatic hydroxyl groups excluding tert-OH is 1. The minimum Gasteiger partial charge on any atom is -0.492 e. The Labute approximate surface area is 256 Å². The fourth-order valence-electron chi connectivity index (χ4n) is 7.34. The summed E-state index contributed by atoms with van der Waals surface area (Å²) in [6.07, 6.45) is 5.84. The molecule has 2 saturated heterocycles. The average Bonchev–Trinajstić information content (AvgIpc) is 3.22. The summed E-state index contributed by atoms with van der Waals surface area (Å²) in [7, 11) is 0. The molecular weight excluding hydrogens is 545 g/mol. The number of benzene rings is 2. The minimum absolute atomic E-state index is 0.133. The van der Waals surface area contributed by atoms with Gasteiger partial charge in [-0.2, -0.15) is 0 Å². The topological polar surface area (TPSA) is 74.3 Å². The van der Waals surface area contributed by atoms with Gasteiger partial charge in [-0.05, 0) is 108 Å². The summed E-state index contributed by atoms with van der Waals surface area (Å²) in [5.74, 6) is 0.558. The van der Waals surface area contributed by atoms with Crippen LogP contribution < -0.4 is 10.1 Å². The summed E-state index contributed by atoms with van der Waals surface area (Å²) in [4.78, 5) is 17.9. The van der Waals surface area contributed by atoms with Crippen LogP contribution in [-0.4, -0.2) is 71.0 Å². The lowest BCUT2D eigenvalue weighted by Crippen LogP contribution is -2.52. The van der Waals surface area contributed by atoms with Gasteiger partial charge in [0.15, 0.2) is 0 Å². The Morgan fingerprint density at radius 2 is 1.81 bits per heavy atom. The van der Waals surface area contributed by atoms with Crippen molar-refractivity contribution < 1.29 is 23.8 Å². The predicted molar refractivity (Wildman–Crippen MR) is 166 cm³/mol. The molecule has 3 fully saturated rings. The van der Waals surface area contributed by atoms with E-state index in [-0.39, 0.29) is 30.0 Å². The van der Waals surface area contributed by atoms with Gasteiger partial charge < -0.3 is 19.9 Å². The number of hydrogen-bond acceptors (Lipinski definition) is 6. The maximum atomic E-state index is 13.8. The smallest absolute Gasteiger partial charge is 0.411 e. The summed E-state index contributed by atoms with van der Waals surface area (Å²) >= 11 is 0. The first-order valence-electron chi connectivity index (χ1n) is 16.2. The Morgan fingerprint density at radius 3 is 2.53 bits per heavy atom. The third kappa shape index (κ3) is 7.70. The number of ether oxygens (including phenoxy) is 2. The number of likely N-dealkylation sites (tertiary alicyclic amines) is 2. The van der Waals surface area contributed by atoms with E-state index in [2.05, 4.69) is 29.3 Å². The van der Waals surface area contributed by atoms with Crippen LogP contribution in [0.3, 0.4) is 0 Å². The van der Waals surface area contributed by atoms with Crippen molar-refractivity contribution in [3.63, 3.8) is 0 Å². The van der Waals surface area contributed by atoms with Gasteiger partial charge in [0.05, 0.1) is 12.1 Å². The standard InChI is InChI=1S/C35H50FN3O4/c1-34(2,3)43-33(41)39-30(26-14-16-27(36)17-15-26)23-35(4)31(39)13-9-12-29(32(35)40)37-24-25-10-8-11-28(22-25)42-21-20-38-18-6-5-7-19-38/h8,10-11,14-17,22,29-32,37,40H,5-7,9,12-13,18-21,23-24H2,1-4H3/t29-,30+,31+,32+,35+/m0/s1. The molecule has 0 bridgehead atoms. The molecule has 3 aliphatic rings. The first-order chi connectivity index (χ1) is 20.5. The molecule has 5 rings (SSSR count). The van der Waals surface area contributed by atoms with Crippen LogP contribution in [0.2, 0.25) is 0 Å². The zero-order chi connectivity index (χ0) is 30.6. The number of hydrogen-bond donors (Lipinski definition) is 2. The van der Waals surface area contributed by atoms with Crippen molar-refractivity contribution in [3.8, 4) is 5.75 Å². The largest absolute Gasteiger partial charge is 0.492 e. The lowest BCUT2D eigenvalue weighted by atomic mass is 9.74. The molecule has 236 valence electrons. The summed E-state index contributed by atoms with van der Waals surface area (Å²) in [6.45, 7) is 12.3. The molecule has 2 N–H and O–H groups in total. The van der Waals surface area contributed by atoms with Gasteiger partial charge in [0, 0.05) is 30.6 Å². The molecule has 1 aliphatic carbocycles. The number of nitrogens with one attached hydrogen (secondary N) is 1. The lowest BCUT2D eigenvalue weighted by molar-refractivity contribution is -0.0186. The summed E-state index contributed by atoms with van der Waals surface area (Å²) in [5, 5.41) is 15.6. The fourth-order valence-corrected chi connectivity index (χ4v) is 7.34. The molecular formula is C35H50FN3O4. The normalized spacial score (nSPS) is 28.3. The highest BCUT2D eigenvalue weighted by Gasteiger charge is 2.57. The van der Waals surface area contributed by atoms with Crippen molar-refractivity contribution in [2.75, 3.05) is 26.2 Å². The number of piperidine rings is 1. The molecule has 1 saturated carbocycles. The van der Waals surface area contributed by atoms with Crippen LogP contribution in [0.5, 0.6) is 5.75 Å². The molecule has 1 amide bonds. The van der Waals surface area contributed by atoms with Crippen molar-refractivity contribution >= 4 is 6.09 Å². The molecule has 0 aromatic heterocycles. The van der Waals surface area contributed by atoms with Gasteiger partial charge in [0.1, 0.15) is 23.8 Å². The molecule has 2 heterocycles. The molecule has 2 aliphatic heterocycles. The van der Waals surface area contributed by atoms with Crippen LogP contribution in [0.1, 0.15) is 89.8 Å². The second-order valence-electron chi connectivity index (χ2n) is 13.9. The van der Waals surface area contributed by atoms with E-state index in [1.165, 1.54) is 31.4 Å². The summed E-state index contributed by atoms with van der Waals surface area (Å²) in [6, 6.07) is 13.9. The Hall–Kier alpha value is -2.68. The van der Waals surface area contributed by atoms with Crippen LogP contribution in [0.15, 0.2) is 48.5 Å². The van der Waals surface area contributed by atoms with E-state index >= 15 is 0 Å². The number of amides is 1. The molecule has 0 unspecified atom stereocenters. The van der Waals surface area contributed by atoms with Crippen molar-refractivity contribution in [2.45, 2.75) is 109 Å². The second-order valence-corrected chi connectivity index (χ2v) is 13.9. The molecule has 0 radical (unpaired) electrons. The highest BCUT2D eigenvalue weighted by molar-refractivity contribution is 5.70. The zero-order valence-electron chi connectivity index (χ0n) is 26.4.